The van der Waals surface area contributed by atoms with Crippen molar-refractivity contribution in [2.24, 2.45) is 0 Å². The quantitative estimate of drug-likeness (QED) is 0.792. The molecule has 1 aromatic carbocycles. The summed E-state index contributed by atoms with van der Waals surface area (Å²) < 4.78 is 0.676. The average Bonchev–Trinajstić information content (AvgIpc) is 2.68. The molecule has 2 rings (SSSR count). The first-order valence-corrected chi connectivity index (χ1v) is 5.73. The van der Waals surface area contributed by atoms with Crippen molar-refractivity contribution in [2.75, 3.05) is 5.73 Å². The van der Waals surface area contributed by atoms with Crippen molar-refractivity contribution in [2.45, 2.75) is 13.3 Å². The van der Waals surface area contributed by atoms with E-state index < -0.39 is 0 Å². The van der Waals surface area contributed by atoms with Gasteiger partial charge in [0.15, 0.2) is 0 Å². The van der Waals surface area contributed by atoms with E-state index in [0.717, 1.165) is 12.0 Å². The number of nitrogens with one attached hydrogen (secondary N) is 1. The number of H-pyrrole nitrogens is 1. The van der Waals surface area contributed by atoms with Gasteiger partial charge >= 0.3 is 0 Å². The predicted molar refractivity (Wildman–Crippen MR) is 67.2 cm³/mol. The second kappa shape index (κ2) is 4.17. The number of aryl methyl sites for hydroxylation is 1. The molecule has 0 spiro atoms. The van der Waals surface area contributed by atoms with E-state index in [2.05, 4.69) is 33.1 Å². The summed E-state index contributed by atoms with van der Waals surface area (Å²) in [6, 6.07) is 5.52. The second-order valence-electron chi connectivity index (χ2n) is 3.53. The highest BCUT2D eigenvalue weighted by molar-refractivity contribution is 9.10. The Hall–Kier alpha value is -1.49. The maximum absolute atomic E-state index is 9.94. The number of nitrogens with zero attached hydrogens (tertiary/aromatic N) is 1. The molecule has 0 unspecified atom stereocenters. The topological polar surface area (TPSA) is 74.9 Å². The van der Waals surface area contributed by atoms with Crippen molar-refractivity contribution in [3.63, 3.8) is 0 Å². The molecule has 0 saturated carbocycles. The Balaban J connectivity index is 2.59. The Morgan fingerprint density at radius 2 is 2.19 bits per heavy atom. The van der Waals surface area contributed by atoms with Gasteiger partial charge in [-0.1, -0.05) is 6.92 Å². The molecule has 2 aromatic rings. The minimum absolute atomic E-state index is 0.195. The monoisotopic (exact) mass is 281 g/mol. The van der Waals surface area contributed by atoms with Crippen LogP contribution in [0.2, 0.25) is 0 Å². The van der Waals surface area contributed by atoms with Crippen molar-refractivity contribution in [1.29, 1.82) is 0 Å². The van der Waals surface area contributed by atoms with E-state index in [1.54, 1.807) is 6.07 Å². The Morgan fingerprint density at radius 3 is 2.75 bits per heavy atom. The zero-order chi connectivity index (χ0) is 11.7. The molecule has 0 aliphatic heterocycles. The Bertz CT molecular complexity index is 522. The van der Waals surface area contributed by atoms with Gasteiger partial charge in [0.2, 0.25) is 0 Å². The third-order valence-corrected chi connectivity index (χ3v) is 3.02. The van der Waals surface area contributed by atoms with Crippen LogP contribution in [0.3, 0.4) is 0 Å². The Labute approximate surface area is 102 Å². The predicted octanol–water partition coefficient (Wildman–Crippen LogP) is 2.69. The smallest absolute Gasteiger partial charge is 0.145 e. The van der Waals surface area contributed by atoms with Crippen LogP contribution in [0.25, 0.3) is 11.3 Å². The standard InChI is InChI=1S/C11H12BrN3O/c1-2-6-3-7(11(16)8(12)4-6)9-5-10(13)15-14-9/h3-5,16H,2H2,1H3,(H3,13,14,15). The van der Waals surface area contributed by atoms with Crippen molar-refractivity contribution in [1.82, 2.24) is 10.2 Å². The molecule has 1 heterocycles. The number of aromatic amines is 1. The van der Waals surface area contributed by atoms with Crippen LogP contribution in [0.5, 0.6) is 5.75 Å². The lowest BCUT2D eigenvalue weighted by atomic mass is 10.1. The first-order chi connectivity index (χ1) is 7.61. The maximum atomic E-state index is 9.94. The van der Waals surface area contributed by atoms with E-state index in [0.29, 0.717) is 21.5 Å². The second-order valence-corrected chi connectivity index (χ2v) is 4.39. The van der Waals surface area contributed by atoms with E-state index >= 15 is 0 Å². The first-order valence-electron chi connectivity index (χ1n) is 4.94. The van der Waals surface area contributed by atoms with E-state index in [4.69, 9.17) is 5.73 Å². The number of nitrogen functional groups attached to an aromatic ring is 1. The first kappa shape index (κ1) is 11.0. The van der Waals surface area contributed by atoms with Gasteiger partial charge in [0, 0.05) is 11.6 Å². The maximum Gasteiger partial charge on any atom is 0.145 e. The van der Waals surface area contributed by atoms with Gasteiger partial charge in [-0.05, 0) is 40.0 Å². The summed E-state index contributed by atoms with van der Waals surface area (Å²) in [5, 5.41) is 16.6. The average molecular weight is 282 g/mol. The molecule has 0 atom stereocenters. The van der Waals surface area contributed by atoms with Crippen LogP contribution in [-0.4, -0.2) is 15.3 Å². The summed E-state index contributed by atoms with van der Waals surface area (Å²) in [6.45, 7) is 2.06. The third kappa shape index (κ3) is 1.90. The van der Waals surface area contributed by atoms with Gasteiger partial charge in [0.25, 0.3) is 0 Å². The van der Waals surface area contributed by atoms with Crippen LogP contribution in [0.4, 0.5) is 5.82 Å². The van der Waals surface area contributed by atoms with E-state index in [1.165, 1.54) is 0 Å². The molecule has 5 heteroatoms. The molecule has 4 N–H and O–H groups in total. The number of nitrogens with two attached hydrogens (primary N) is 1. The van der Waals surface area contributed by atoms with Gasteiger partial charge in [0.1, 0.15) is 11.6 Å². The molecular formula is C11H12BrN3O. The molecule has 1 aromatic heterocycles. The summed E-state index contributed by atoms with van der Waals surface area (Å²) in [5.74, 6) is 0.605. The van der Waals surface area contributed by atoms with Gasteiger partial charge in [-0.25, -0.2) is 0 Å². The van der Waals surface area contributed by atoms with E-state index in [-0.39, 0.29) is 5.75 Å². The van der Waals surface area contributed by atoms with Crippen LogP contribution in [-0.2, 0) is 6.42 Å². The van der Waals surface area contributed by atoms with Crippen LogP contribution in [0.1, 0.15) is 12.5 Å². The van der Waals surface area contributed by atoms with Crippen molar-refractivity contribution in [3.05, 3.63) is 28.2 Å². The normalized spacial score (nSPS) is 10.6. The van der Waals surface area contributed by atoms with E-state index in [1.807, 2.05) is 12.1 Å². The van der Waals surface area contributed by atoms with Crippen molar-refractivity contribution >= 4 is 21.7 Å². The zero-order valence-electron chi connectivity index (χ0n) is 8.79. The zero-order valence-corrected chi connectivity index (χ0v) is 10.4. The third-order valence-electron chi connectivity index (χ3n) is 2.42. The van der Waals surface area contributed by atoms with Gasteiger partial charge in [0.05, 0.1) is 10.2 Å². The molecule has 0 bridgehead atoms. The number of benzene rings is 1. The number of rotatable bonds is 2. The molecule has 0 aliphatic rings. The molecule has 0 fully saturated rings. The number of phenolic OH excluding ortho intramolecular Hbond substituents is 1. The summed E-state index contributed by atoms with van der Waals surface area (Å²) in [4.78, 5) is 0. The van der Waals surface area contributed by atoms with Crippen molar-refractivity contribution in [3.8, 4) is 17.0 Å². The molecule has 0 saturated heterocycles. The lowest BCUT2D eigenvalue weighted by Crippen LogP contribution is -1.86. The number of anilines is 1. The van der Waals surface area contributed by atoms with Crippen LogP contribution >= 0.6 is 15.9 Å². The van der Waals surface area contributed by atoms with Crippen LogP contribution in [0.15, 0.2) is 22.7 Å². The summed E-state index contributed by atoms with van der Waals surface area (Å²) in [6.07, 6.45) is 0.898. The van der Waals surface area contributed by atoms with Crippen molar-refractivity contribution < 1.29 is 5.11 Å². The Kier molecular flexibility index (Phi) is 2.87. The number of hydrogen-bond donors (Lipinski definition) is 3. The fourth-order valence-electron chi connectivity index (χ4n) is 1.54. The number of halogens is 1. The van der Waals surface area contributed by atoms with Gasteiger partial charge in [-0.2, -0.15) is 5.10 Å². The largest absolute Gasteiger partial charge is 0.506 e. The highest BCUT2D eigenvalue weighted by Crippen LogP contribution is 2.36. The lowest BCUT2D eigenvalue weighted by molar-refractivity contribution is 0.473. The minimum atomic E-state index is 0.195. The summed E-state index contributed by atoms with van der Waals surface area (Å²) in [5.41, 5.74) is 8.09. The van der Waals surface area contributed by atoms with Gasteiger partial charge in [-0.3, -0.25) is 5.10 Å². The number of aromatic hydroxyl groups is 1. The fourth-order valence-corrected chi connectivity index (χ4v) is 2.05. The molecule has 16 heavy (non-hydrogen) atoms. The number of aromatic nitrogens is 2. The number of hydrogen-bond acceptors (Lipinski definition) is 3. The Morgan fingerprint density at radius 1 is 1.44 bits per heavy atom. The minimum Gasteiger partial charge on any atom is -0.506 e. The molecule has 0 amide bonds. The molecule has 0 radical (unpaired) electrons. The highest BCUT2D eigenvalue weighted by Gasteiger charge is 2.11. The summed E-state index contributed by atoms with van der Waals surface area (Å²) >= 11 is 3.33. The van der Waals surface area contributed by atoms with Gasteiger partial charge in [-0.15, -0.1) is 0 Å². The molecule has 0 aliphatic carbocycles. The lowest BCUT2D eigenvalue weighted by Gasteiger charge is -2.07. The molecular weight excluding hydrogens is 270 g/mol. The highest BCUT2D eigenvalue weighted by atomic mass is 79.9. The SMILES string of the molecule is CCc1cc(Br)c(O)c(-c2cc(N)n[nH]2)c1. The van der Waals surface area contributed by atoms with Crippen LogP contribution < -0.4 is 5.73 Å². The molecule has 84 valence electrons. The number of phenols is 1. The van der Waals surface area contributed by atoms with Gasteiger partial charge < -0.3 is 10.8 Å². The van der Waals surface area contributed by atoms with E-state index in [9.17, 15) is 5.11 Å². The van der Waals surface area contributed by atoms with Crippen LogP contribution in [0, 0.1) is 0 Å². The molecule has 4 nitrogen and oxygen atoms in total. The summed E-state index contributed by atoms with van der Waals surface area (Å²) in [7, 11) is 0. The fraction of sp³-hybridized carbons (Fsp3) is 0.182.